The van der Waals surface area contributed by atoms with Crippen LogP contribution in [0.15, 0.2) is 24.3 Å². The highest BCUT2D eigenvalue weighted by atomic mass is 16.5. The summed E-state index contributed by atoms with van der Waals surface area (Å²) in [6, 6.07) is 8.30. The maximum absolute atomic E-state index is 10.1. The first-order valence-electron chi connectivity index (χ1n) is 10.3. The molecule has 0 saturated heterocycles. The Hall–Kier alpha value is -0.940. The number of hydrogen-bond donors (Lipinski definition) is 2. The fourth-order valence-electron chi connectivity index (χ4n) is 2.79. The molecule has 0 saturated carbocycles. The summed E-state index contributed by atoms with van der Waals surface area (Å²) in [6.07, 6.45) is 6.53. The summed E-state index contributed by atoms with van der Waals surface area (Å²) in [4.78, 5) is 0. The van der Waals surface area contributed by atoms with E-state index in [0.29, 0.717) is 26.1 Å². The first-order chi connectivity index (χ1) is 12.7. The van der Waals surface area contributed by atoms with Crippen molar-refractivity contribution in [2.75, 3.05) is 26.4 Å². The Bertz CT molecular complexity index is 409. The van der Waals surface area contributed by atoms with Crippen LogP contribution in [0.4, 0.5) is 0 Å². The number of hydrogen-bond acceptors (Lipinski definition) is 4. The van der Waals surface area contributed by atoms with Crippen LogP contribution >= 0.6 is 0 Å². The minimum absolute atomic E-state index is 0.413. The monoisotopic (exact) mass is 366 g/mol. The maximum atomic E-state index is 10.1. The molecule has 4 heteroatoms. The number of rotatable bonds is 16. The number of ether oxygens (including phenoxy) is 2. The summed E-state index contributed by atoms with van der Waals surface area (Å²) in [7, 11) is 0. The summed E-state index contributed by atoms with van der Waals surface area (Å²) in [5, 5.41) is 20.2. The molecule has 1 aromatic carbocycles. The van der Waals surface area contributed by atoms with Gasteiger partial charge in [-0.25, -0.2) is 0 Å². The molecule has 0 aliphatic rings. The van der Waals surface area contributed by atoms with E-state index in [1.807, 2.05) is 12.1 Å². The summed E-state index contributed by atoms with van der Waals surface area (Å²) in [5.41, 5.74) is 2.50. The van der Waals surface area contributed by atoms with Gasteiger partial charge in [-0.1, -0.05) is 51.0 Å². The third-order valence-electron chi connectivity index (χ3n) is 4.52. The van der Waals surface area contributed by atoms with Gasteiger partial charge in [0.25, 0.3) is 0 Å². The lowest BCUT2D eigenvalue weighted by molar-refractivity contribution is 0.0310. The molecule has 2 N–H and O–H groups in total. The standard InChI is InChI=1S/C22H38O4/c1-3-5-15-25-17-21(23)13-11-19-9-7-8-10-20(19)12-14-22(24)18-26-16-6-4-2/h7-10,21-24H,3-6,11-18H2,1-2H3. The molecule has 1 aromatic rings. The fraction of sp³-hybridized carbons (Fsp3) is 0.727. The molecule has 0 bridgehead atoms. The summed E-state index contributed by atoms with van der Waals surface area (Å²) >= 11 is 0. The molecule has 0 aromatic heterocycles. The van der Waals surface area contributed by atoms with E-state index in [-0.39, 0.29) is 0 Å². The van der Waals surface area contributed by atoms with Crippen molar-refractivity contribution in [3.8, 4) is 0 Å². The molecule has 0 heterocycles. The Labute approximate surface area is 159 Å². The largest absolute Gasteiger partial charge is 0.391 e. The Balaban J connectivity index is 2.32. The van der Waals surface area contributed by atoms with Gasteiger partial charge in [-0.2, -0.15) is 0 Å². The first-order valence-corrected chi connectivity index (χ1v) is 10.3. The van der Waals surface area contributed by atoms with Crippen LogP contribution in [-0.4, -0.2) is 48.8 Å². The summed E-state index contributed by atoms with van der Waals surface area (Å²) in [6.45, 7) is 6.53. The van der Waals surface area contributed by atoms with E-state index in [0.717, 1.165) is 51.7 Å². The van der Waals surface area contributed by atoms with Crippen LogP contribution in [-0.2, 0) is 22.3 Å². The Morgan fingerprint density at radius 1 is 0.769 bits per heavy atom. The second-order valence-electron chi connectivity index (χ2n) is 7.01. The van der Waals surface area contributed by atoms with E-state index in [1.165, 1.54) is 11.1 Å². The topological polar surface area (TPSA) is 58.9 Å². The van der Waals surface area contributed by atoms with Crippen LogP contribution in [0.2, 0.25) is 0 Å². The lowest BCUT2D eigenvalue weighted by Crippen LogP contribution is -2.18. The highest BCUT2D eigenvalue weighted by Gasteiger charge is 2.10. The van der Waals surface area contributed by atoms with Crippen molar-refractivity contribution in [2.45, 2.75) is 77.4 Å². The van der Waals surface area contributed by atoms with Gasteiger partial charge in [-0.15, -0.1) is 0 Å². The van der Waals surface area contributed by atoms with Gasteiger partial charge in [0, 0.05) is 13.2 Å². The van der Waals surface area contributed by atoms with Gasteiger partial charge in [0.05, 0.1) is 25.4 Å². The molecule has 0 radical (unpaired) electrons. The van der Waals surface area contributed by atoms with Crippen LogP contribution in [0.3, 0.4) is 0 Å². The molecule has 4 nitrogen and oxygen atoms in total. The number of unbranched alkanes of at least 4 members (excludes halogenated alkanes) is 2. The highest BCUT2D eigenvalue weighted by molar-refractivity contribution is 5.27. The molecule has 1 rings (SSSR count). The zero-order chi connectivity index (χ0) is 19.0. The molecule has 26 heavy (non-hydrogen) atoms. The minimum Gasteiger partial charge on any atom is -0.391 e. The van der Waals surface area contributed by atoms with Crippen molar-refractivity contribution < 1.29 is 19.7 Å². The van der Waals surface area contributed by atoms with Crippen LogP contribution in [0, 0.1) is 0 Å². The highest BCUT2D eigenvalue weighted by Crippen LogP contribution is 2.15. The molecule has 0 amide bonds. The quantitative estimate of drug-likeness (QED) is 0.436. The van der Waals surface area contributed by atoms with Crippen molar-refractivity contribution in [2.24, 2.45) is 0 Å². The number of aliphatic hydroxyl groups is 2. The Kier molecular flexibility index (Phi) is 13.5. The molecule has 0 spiro atoms. The Morgan fingerprint density at radius 2 is 1.19 bits per heavy atom. The van der Waals surface area contributed by atoms with Crippen molar-refractivity contribution in [1.82, 2.24) is 0 Å². The van der Waals surface area contributed by atoms with E-state index in [9.17, 15) is 10.2 Å². The van der Waals surface area contributed by atoms with Crippen LogP contribution in [0.1, 0.15) is 63.5 Å². The summed E-state index contributed by atoms with van der Waals surface area (Å²) < 4.78 is 11.0. The van der Waals surface area contributed by atoms with Crippen molar-refractivity contribution in [1.29, 1.82) is 0 Å². The molecule has 0 aliphatic heterocycles. The van der Waals surface area contributed by atoms with Gasteiger partial charge >= 0.3 is 0 Å². The molecule has 0 fully saturated rings. The van der Waals surface area contributed by atoms with E-state index in [4.69, 9.17) is 9.47 Å². The third kappa shape index (κ3) is 10.9. The average Bonchev–Trinajstić information content (AvgIpc) is 2.66. The van der Waals surface area contributed by atoms with Crippen molar-refractivity contribution >= 4 is 0 Å². The van der Waals surface area contributed by atoms with Crippen molar-refractivity contribution in [3.63, 3.8) is 0 Å². The normalized spacial score (nSPS) is 13.7. The molecular formula is C22H38O4. The second-order valence-corrected chi connectivity index (χ2v) is 7.01. The van der Waals surface area contributed by atoms with E-state index in [2.05, 4.69) is 26.0 Å². The van der Waals surface area contributed by atoms with Gasteiger partial charge < -0.3 is 19.7 Å². The van der Waals surface area contributed by atoms with Gasteiger partial charge in [0.2, 0.25) is 0 Å². The van der Waals surface area contributed by atoms with Crippen LogP contribution in [0.25, 0.3) is 0 Å². The summed E-state index contributed by atoms with van der Waals surface area (Å²) in [5.74, 6) is 0. The lowest BCUT2D eigenvalue weighted by atomic mass is 9.97. The van der Waals surface area contributed by atoms with E-state index < -0.39 is 12.2 Å². The average molecular weight is 367 g/mol. The van der Waals surface area contributed by atoms with Gasteiger partial charge in [0.1, 0.15) is 0 Å². The predicted molar refractivity (Wildman–Crippen MR) is 107 cm³/mol. The van der Waals surface area contributed by atoms with Gasteiger partial charge in [0.15, 0.2) is 0 Å². The Morgan fingerprint density at radius 3 is 1.58 bits per heavy atom. The zero-order valence-corrected chi connectivity index (χ0v) is 16.7. The van der Waals surface area contributed by atoms with Crippen LogP contribution in [0.5, 0.6) is 0 Å². The second kappa shape index (κ2) is 15.2. The molecule has 2 atom stereocenters. The lowest BCUT2D eigenvalue weighted by Gasteiger charge is -2.15. The first kappa shape index (κ1) is 23.1. The number of aliphatic hydroxyl groups excluding tert-OH is 2. The van der Waals surface area contributed by atoms with Crippen LogP contribution < -0.4 is 0 Å². The zero-order valence-electron chi connectivity index (χ0n) is 16.7. The minimum atomic E-state index is -0.419. The van der Waals surface area contributed by atoms with Crippen molar-refractivity contribution in [3.05, 3.63) is 35.4 Å². The SMILES string of the molecule is CCCCOCC(O)CCc1ccccc1CCC(O)COCCCC. The van der Waals surface area contributed by atoms with E-state index in [1.54, 1.807) is 0 Å². The predicted octanol–water partition coefficient (Wildman–Crippen LogP) is 3.91. The fourth-order valence-corrected chi connectivity index (χ4v) is 2.79. The molecule has 150 valence electrons. The maximum Gasteiger partial charge on any atom is 0.0776 e. The molecule has 2 unspecified atom stereocenters. The smallest absolute Gasteiger partial charge is 0.0776 e. The molecular weight excluding hydrogens is 328 g/mol. The van der Waals surface area contributed by atoms with E-state index >= 15 is 0 Å². The van der Waals surface area contributed by atoms with Gasteiger partial charge in [-0.3, -0.25) is 0 Å². The number of aryl methyl sites for hydroxylation is 2. The molecule has 0 aliphatic carbocycles. The third-order valence-corrected chi connectivity index (χ3v) is 4.52. The number of benzene rings is 1. The van der Waals surface area contributed by atoms with Gasteiger partial charge in [-0.05, 0) is 49.7 Å².